The van der Waals surface area contributed by atoms with E-state index in [2.05, 4.69) is 0 Å². The SMILES string of the molecule is CC(=O)N(Cc1cccc(OS(=O)(=O)c2ccc(F)cc2)c1)C(C)C. The summed E-state index contributed by atoms with van der Waals surface area (Å²) in [5.74, 6) is -0.465. The van der Waals surface area contributed by atoms with Gasteiger partial charge in [0.25, 0.3) is 0 Å². The van der Waals surface area contributed by atoms with E-state index in [0.717, 1.165) is 29.8 Å². The Morgan fingerprint density at radius 3 is 2.36 bits per heavy atom. The molecule has 134 valence electrons. The average molecular weight is 365 g/mol. The van der Waals surface area contributed by atoms with Crippen LogP contribution in [0.15, 0.2) is 53.4 Å². The Balaban J connectivity index is 2.21. The average Bonchev–Trinajstić information content (AvgIpc) is 2.52. The van der Waals surface area contributed by atoms with Crippen molar-refractivity contribution >= 4 is 16.0 Å². The molecule has 7 heteroatoms. The van der Waals surface area contributed by atoms with E-state index in [1.54, 1.807) is 23.1 Å². The van der Waals surface area contributed by atoms with Crippen LogP contribution in [0.1, 0.15) is 26.3 Å². The maximum Gasteiger partial charge on any atom is 0.339 e. The van der Waals surface area contributed by atoms with Crippen LogP contribution in [0, 0.1) is 5.82 Å². The molecule has 0 saturated heterocycles. The summed E-state index contributed by atoms with van der Waals surface area (Å²) in [6, 6.07) is 10.9. The molecule has 0 N–H and O–H groups in total. The Bertz CT molecular complexity index is 848. The number of hydrogen-bond acceptors (Lipinski definition) is 4. The molecule has 0 radical (unpaired) electrons. The number of carbonyl (C=O) groups is 1. The van der Waals surface area contributed by atoms with Crippen LogP contribution in [0.25, 0.3) is 0 Å². The van der Waals surface area contributed by atoms with Crippen molar-refractivity contribution in [2.24, 2.45) is 0 Å². The van der Waals surface area contributed by atoms with Crippen molar-refractivity contribution in [3.05, 3.63) is 59.9 Å². The second-order valence-electron chi connectivity index (χ2n) is 5.88. The van der Waals surface area contributed by atoms with Crippen LogP contribution >= 0.6 is 0 Å². The van der Waals surface area contributed by atoms with E-state index >= 15 is 0 Å². The van der Waals surface area contributed by atoms with Crippen LogP contribution in [-0.2, 0) is 21.5 Å². The highest BCUT2D eigenvalue weighted by Gasteiger charge is 2.18. The minimum absolute atomic E-state index is 0.0185. The Labute approximate surface area is 147 Å². The van der Waals surface area contributed by atoms with Gasteiger partial charge in [-0.15, -0.1) is 0 Å². The lowest BCUT2D eigenvalue weighted by Gasteiger charge is -2.25. The summed E-state index contributed by atoms with van der Waals surface area (Å²) in [7, 11) is -4.06. The first kappa shape index (κ1) is 18.9. The zero-order valence-electron chi connectivity index (χ0n) is 14.3. The second-order valence-corrected chi connectivity index (χ2v) is 7.43. The Kier molecular flexibility index (Phi) is 5.79. The zero-order chi connectivity index (χ0) is 18.6. The van der Waals surface area contributed by atoms with E-state index in [1.165, 1.54) is 13.0 Å². The first-order valence-corrected chi connectivity index (χ1v) is 9.16. The van der Waals surface area contributed by atoms with Crippen molar-refractivity contribution in [3.8, 4) is 5.75 Å². The summed E-state index contributed by atoms with van der Waals surface area (Å²) in [6.07, 6.45) is 0. The molecule has 2 rings (SSSR count). The number of hydrogen-bond donors (Lipinski definition) is 0. The van der Waals surface area contributed by atoms with Gasteiger partial charge in [0.05, 0.1) is 0 Å². The predicted molar refractivity (Wildman–Crippen MR) is 92.0 cm³/mol. The zero-order valence-corrected chi connectivity index (χ0v) is 15.1. The molecule has 0 saturated carbocycles. The number of halogens is 1. The number of carbonyl (C=O) groups excluding carboxylic acids is 1. The highest BCUT2D eigenvalue weighted by molar-refractivity contribution is 7.87. The summed E-state index contributed by atoms with van der Waals surface area (Å²) >= 11 is 0. The maximum atomic E-state index is 12.9. The lowest BCUT2D eigenvalue weighted by molar-refractivity contribution is -0.131. The minimum atomic E-state index is -4.06. The molecule has 0 unspecified atom stereocenters. The second kappa shape index (κ2) is 7.65. The summed E-state index contributed by atoms with van der Waals surface area (Å²) < 4.78 is 42.6. The van der Waals surface area contributed by atoms with Gasteiger partial charge in [-0.05, 0) is 55.8 Å². The normalized spacial score (nSPS) is 11.4. The molecule has 0 aliphatic rings. The van der Waals surface area contributed by atoms with Crippen molar-refractivity contribution in [3.63, 3.8) is 0 Å². The van der Waals surface area contributed by atoms with E-state index < -0.39 is 15.9 Å². The molecule has 2 aromatic carbocycles. The van der Waals surface area contributed by atoms with Gasteiger partial charge in [0.2, 0.25) is 5.91 Å². The van der Waals surface area contributed by atoms with Crippen LogP contribution in [-0.4, -0.2) is 25.3 Å². The van der Waals surface area contributed by atoms with Crippen LogP contribution in [0.2, 0.25) is 0 Å². The molecule has 0 heterocycles. The Hall–Kier alpha value is -2.41. The van der Waals surface area contributed by atoms with Crippen molar-refractivity contribution in [1.82, 2.24) is 4.90 Å². The largest absolute Gasteiger partial charge is 0.379 e. The van der Waals surface area contributed by atoms with Gasteiger partial charge >= 0.3 is 10.1 Å². The van der Waals surface area contributed by atoms with E-state index in [9.17, 15) is 17.6 Å². The van der Waals surface area contributed by atoms with Crippen molar-refractivity contribution < 1.29 is 21.8 Å². The minimum Gasteiger partial charge on any atom is -0.379 e. The topological polar surface area (TPSA) is 63.7 Å². The molecular formula is C18H20FNO4S. The van der Waals surface area contributed by atoms with E-state index in [1.807, 2.05) is 13.8 Å². The predicted octanol–water partition coefficient (Wildman–Crippen LogP) is 3.35. The Morgan fingerprint density at radius 1 is 1.16 bits per heavy atom. The van der Waals surface area contributed by atoms with Gasteiger partial charge in [-0.2, -0.15) is 8.42 Å². The summed E-state index contributed by atoms with van der Waals surface area (Å²) in [5, 5.41) is 0. The monoisotopic (exact) mass is 365 g/mol. The number of amides is 1. The van der Waals surface area contributed by atoms with Crippen LogP contribution in [0.3, 0.4) is 0 Å². The lowest BCUT2D eigenvalue weighted by Crippen LogP contribution is -2.34. The highest BCUT2D eigenvalue weighted by Crippen LogP contribution is 2.21. The van der Waals surface area contributed by atoms with Crippen LogP contribution in [0.4, 0.5) is 4.39 Å². The Morgan fingerprint density at radius 2 is 1.80 bits per heavy atom. The quantitative estimate of drug-likeness (QED) is 0.737. The molecule has 0 aliphatic heterocycles. The van der Waals surface area contributed by atoms with E-state index in [4.69, 9.17) is 4.18 Å². The van der Waals surface area contributed by atoms with Crippen molar-refractivity contribution in [1.29, 1.82) is 0 Å². The standard InChI is InChI=1S/C18H20FNO4S/c1-13(2)20(14(3)21)12-15-5-4-6-17(11-15)24-25(22,23)18-9-7-16(19)8-10-18/h4-11,13H,12H2,1-3H3. The summed E-state index contributed by atoms with van der Waals surface area (Å²) in [4.78, 5) is 13.2. The molecule has 1 amide bonds. The molecule has 0 bridgehead atoms. The third-order valence-corrected chi connectivity index (χ3v) is 4.85. The fraction of sp³-hybridized carbons (Fsp3) is 0.278. The van der Waals surface area contributed by atoms with Crippen LogP contribution in [0.5, 0.6) is 5.75 Å². The third kappa shape index (κ3) is 5.03. The number of nitrogens with zero attached hydrogens (tertiary/aromatic N) is 1. The molecule has 0 fully saturated rings. The van der Waals surface area contributed by atoms with Crippen molar-refractivity contribution in [2.45, 2.75) is 38.3 Å². The molecule has 0 aromatic heterocycles. The van der Waals surface area contributed by atoms with E-state index in [0.29, 0.717) is 6.54 Å². The highest BCUT2D eigenvalue weighted by atomic mass is 32.2. The molecule has 2 aromatic rings. The molecule has 25 heavy (non-hydrogen) atoms. The fourth-order valence-electron chi connectivity index (χ4n) is 2.33. The number of rotatable bonds is 6. The molecule has 0 aliphatic carbocycles. The maximum absolute atomic E-state index is 12.9. The van der Waals surface area contributed by atoms with Gasteiger partial charge in [0.15, 0.2) is 0 Å². The first-order valence-electron chi connectivity index (χ1n) is 7.75. The molecule has 0 spiro atoms. The first-order chi connectivity index (χ1) is 11.7. The van der Waals surface area contributed by atoms with Gasteiger partial charge in [0.1, 0.15) is 16.5 Å². The molecule has 5 nitrogen and oxygen atoms in total. The molecule has 0 atom stereocenters. The van der Waals surface area contributed by atoms with Gasteiger partial charge in [-0.3, -0.25) is 4.79 Å². The van der Waals surface area contributed by atoms with Gasteiger partial charge in [-0.25, -0.2) is 4.39 Å². The third-order valence-electron chi connectivity index (χ3n) is 3.59. The van der Waals surface area contributed by atoms with Gasteiger partial charge < -0.3 is 9.08 Å². The van der Waals surface area contributed by atoms with Crippen LogP contribution < -0.4 is 4.18 Å². The fourth-order valence-corrected chi connectivity index (χ4v) is 3.25. The van der Waals surface area contributed by atoms with Gasteiger partial charge in [0, 0.05) is 19.5 Å². The van der Waals surface area contributed by atoms with E-state index in [-0.39, 0.29) is 22.6 Å². The molecular weight excluding hydrogens is 345 g/mol. The van der Waals surface area contributed by atoms with Gasteiger partial charge in [-0.1, -0.05) is 12.1 Å². The van der Waals surface area contributed by atoms with Crippen molar-refractivity contribution in [2.75, 3.05) is 0 Å². The number of benzene rings is 2. The summed E-state index contributed by atoms with van der Waals surface area (Å²) in [6.45, 7) is 5.64. The smallest absolute Gasteiger partial charge is 0.339 e. The lowest BCUT2D eigenvalue weighted by atomic mass is 10.2. The summed E-state index contributed by atoms with van der Waals surface area (Å²) in [5.41, 5.74) is 0.746.